The molecule has 0 spiro atoms. The predicted molar refractivity (Wildman–Crippen MR) is 101 cm³/mol. The zero-order chi connectivity index (χ0) is 15.2. The van der Waals surface area contributed by atoms with Gasteiger partial charge in [0.05, 0.1) is 6.54 Å². The van der Waals surface area contributed by atoms with Crippen LogP contribution in [-0.2, 0) is 19.5 Å². The Kier molecular flexibility index (Phi) is 8.13. The van der Waals surface area contributed by atoms with Gasteiger partial charge in [-0.2, -0.15) is 0 Å². The fourth-order valence-corrected chi connectivity index (χ4v) is 2.59. The minimum absolute atomic E-state index is 0. The van der Waals surface area contributed by atoms with Crippen LogP contribution in [0.5, 0.6) is 0 Å². The van der Waals surface area contributed by atoms with Crippen LogP contribution >= 0.6 is 24.0 Å². The van der Waals surface area contributed by atoms with E-state index in [0.717, 1.165) is 42.9 Å². The van der Waals surface area contributed by atoms with Gasteiger partial charge in [-0.25, -0.2) is 0 Å². The highest BCUT2D eigenvalue weighted by molar-refractivity contribution is 14.0. The lowest BCUT2D eigenvalue weighted by Gasteiger charge is -2.18. The molecule has 7 heteroatoms. The van der Waals surface area contributed by atoms with E-state index in [-0.39, 0.29) is 24.0 Å². The van der Waals surface area contributed by atoms with Crippen molar-refractivity contribution in [3.63, 3.8) is 0 Å². The molecule has 22 heavy (non-hydrogen) atoms. The molecule has 0 bridgehead atoms. The molecule has 1 atom stereocenters. The molecule has 0 saturated heterocycles. The number of halogens is 1. The molecule has 0 aliphatic carbocycles. The van der Waals surface area contributed by atoms with E-state index in [2.05, 4.69) is 51.2 Å². The number of aliphatic imine (C=N–C) groups is 1. The van der Waals surface area contributed by atoms with Crippen LogP contribution in [0.2, 0.25) is 0 Å². The fraction of sp³-hybridized carbons (Fsp3) is 0.800. The van der Waals surface area contributed by atoms with Gasteiger partial charge >= 0.3 is 0 Å². The van der Waals surface area contributed by atoms with Crippen molar-refractivity contribution in [1.29, 1.82) is 0 Å². The first-order valence-electron chi connectivity index (χ1n) is 7.98. The van der Waals surface area contributed by atoms with E-state index in [9.17, 15) is 0 Å². The summed E-state index contributed by atoms with van der Waals surface area (Å²) in [4.78, 5) is 4.29. The molecular formula is C15H29IN6. The minimum atomic E-state index is 0. The van der Waals surface area contributed by atoms with E-state index < -0.39 is 0 Å². The second-order valence-electron chi connectivity index (χ2n) is 6.23. The van der Waals surface area contributed by atoms with Gasteiger partial charge in [-0.05, 0) is 32.1 Å². The Morgan fingerprint density at radius 1 is 1.27 bits per heavy atom. The van der Waals surface area contributed by atoms with Crippen molar-refractivity contribution in [3.05, 3.63) is 11.6 Å². The van der Waals surface area contributed by atoms with Crippen molar-refractivity contribution < 1.29 is 0 Å². The Morgan fingerprint density at radius 2 is 2.05 bits per heavy atom. The second kappa shape index (κ2) is 9.32. The number of guanidine groups is 1. The Balaban J connectivity index is 0.00000242. The highest BCUT2D eigenvalue weighted by Gasteiger charge is 2.17. The molecule has 2 N–H and O–H groups in total. The molecule has 1 aromatic rings. The molecule has 0 radical (unpaired) electrons. The van der Waals surface area contributed by atoms with E-state index in [0.29, 0.717) is 12.6 Å². The predicted octanol–water partition coefficient (Wildman–Crippen LogP) is 2.33. The number of nitrogens with one attached hydrogen (secondary N) is 2. The number of fused-ring (bicyclic) bond motifs is 1. The number of hydrogen-bond acceptors (Lipinski definition) is 3. The van der Waals surface area contributed by atoms with Crippen LogP contribution in [-0.4, -0.2) is 33.8 Å². The zero-order valence-electron chi connectivity index (χ0n) is 14.1. The van der Waals surface area contributed by atoms with E-state index in [4.69, 9.17) is 0 Å². The van der Waals surface area contributed by atoms with Crippen molar-refractivity contribution >= 4 is 29.9 Å². The summed E-state index contributed by atoms with van der Waals surface area (Å²) in [6, 6.07) is 0.419. The van der Waals surface area contributed by atoms with E-state index in [1.165, 1.54) is 12.8 Å². The first-order chi connectivity index (χ1) is 10.1. The summed E-state index contributed by atoms with van der Waals surface area (Å²) >= 11 is 0. The topological polar surface area (TPSA) is 67.1 Å². The molecule has 2 heterocycles. The third-order valence-electron chi connectivity index (χ3n) is 3.88. The largest absolute Gasteiger partial charge is 0.354 e. The quantitative estimate of drug-likeness (QED) is 0.421. The van der Waals surface area contributed by atoms with Crippen LogP contribution in [0, 0.1) is 5.92 Å². The minimum Gasteiger partial charge on any atom is -0.354 e. The Labute approximate surface area is 150 Å². The van der Waals surface area contributed by atoms with E-state index >= 15 is 0 Å². The van der Waals surface area contributed by atoms with Crippen molar-refractivity contribution in [3.8, 4) is 0 Å². The maximum Gasteiger partial charge on any atom is 0.191 e. The average molecular weight is 420 g/mol. The van der Waals surface area contributed by atoms with Gasteiger partial charge in [-0.3, -0.25) is 4.99 Å². The molecule has 2 rings (SSSR count). The van der Waals surface area contributed by atoms with Gasteiger partial charge in [-0.15, -0.1) is 34.2 Å². The van der Waals surface area contributed by atoms with Gasteiger partial charge in [0.25, 0.3) is 0 Å². The van der Waals surface area contributed by atoms with E-state index in [1.807, 2.05) is 0 Å². The highest BCUT2D eigenvalue weighted by atomic mass is 127. The lowest BCUT2D eigenvalue weighted by molar-refractivity contribution is 0.488. The number of rotatable bonds is 6. The standard InChI is InChI=1S/C15H28N6.HI/c1-11(2)7-8-12(3)18-15(16-4)17-10-14-20-19-13-6-5-9-21(13)14;/h11-12H,5-10H2,1-4H3,(H2,16,17,18);1H. The molecule has 1 aromatic heterocycles. The summed E-state index contributed by atoms with van der Waals surface area (Å²) in [5.74, 6) is 3.68. The lowest BCUT2D eigenvalue weighted by atomic mass is 10.0. The molecule has 0 amide bonds. The molecule has 6 nitrogen and oxygen atoms in total. The third kappa shape index (κ3) is 5.40. The van der Waals surface area contributed by atoms with Gasteiger partial charge in [0.2, 0.25) is 0 Å². The fourth-order valence-electron chi connectivity index (χ4n) is 2.59. The summed E-state index contributed by atoms with van der Waals surface area (Å²) in [5.41, 5.74) is 0. The smallest absolute Gasteiger partial charge is 0.191 e. The van der Waals surface area contributed by atoms with Gasteiger partial charge in [0.15, 0.2) is 11.8 Å². The molecule has 1 aliphatic heterocycles. The number of hydrogen-bond donors (Lipinski definition) is 2. The van der Waals surface area contributed by atoms with Crippen LogP contribution in [0.1, 0.15) is 51.7 Å². The van der Waals surface area contributed by atoms with Crippen LogP contribution < -0.4 is 10.6 Å². The number of aromatic nitrogens is 3. The molecular weight excluding hydrogens is 391 g/mol. The SMILES string of the molecule is CN=C(NCc1nnc2n1CCC2)NC(C)CCC(C)C.I. The summed E-state index contributed by atoms with van der Waals surface area (Å²) in [5, 5.41) is 15.2. The van der Waals surface area contributed by atoms with Gasteiger partial charge in [0, 0.05) is 26.1 Å². The molecule has 1 unspecified atom stereocenters. The lowest BCUT2D eigenvalue weighted by Crippen LogP contribution is -2.42. The molecule has 0 saturated carbocycles. The maximum absolute atomic E-state index is 4.29. The van der Waals surface area contributed by atoms with Crippen LogP contribution in [0.4, 0.5) is 0 Å². The van der Waals surface area contributed by atoms with Crippen molar-refractivity contribution in [2.45, 2.75) is 65.6 Å². The maximum atomic E-state index is 4.29. The normalized spacial score (nSPS) is 15.4. The van der Waals surface area contributed by atoms with Gasteiger partial charge in [0.1, 0.15) is 5.82 Å². The van der Waals surface area contributed by atoms with Gasteiger partial charge < -0.3 is 15.2 Å². The highest BCUT2D eigenvalue weighted by Crippen LogP contribution is 2.13. The van der Waals surface area contributed by atoms with Crippen LogP contribution in [0.15, 0.2) is 4.99 Å². The molecule has 1 aliphatic rings. The molecule has 126 valence electrons. The number of nitrogens with zero attached hydrogens (tertiary/aromatic N) is 4. The van der Waals surface area contributed by atoms with Crippen molar-refractivity contribution in [2.75, 3.05) is 7.05 Å². The number of aryl methyl sites for hydroxylation is 1. The van der Waals surface area contributed by atoms with Gasteiger partial charge in [-0.1, -0.05) is 13.8 Å². The Morgan fingerprint density at radius 3 is 2.73 bits per heavy atom. The molecule has 0 aromatic carbocycles. The molecule has 0 fully saturated rings. The monoisotopic (exact) mass is 420 g/mol. The summed E-state index contributed by atoms with van der Waals surface area (Å²) in [6.07, 6.45) is 4.60. The zero-order valence-corrected chi connectivity index (χ0v) is 16.4. The summed E-state index contributed by atoms with van der Waals surface area (Å²) < 4.78 is 2.21. The first kappa shape index (κ1) is 19.2. The van der Waals surface area contributed by atoms with Crippen molar-refractivity contribution in [2.24, 2.45) is 10.9 Å². The van der Waals surface area contributed by atoms with E-state index in [1.54, 1.807) is 7.05 Å². The first-order valence-corrected chi connectivity index (χ1v) is 7.98. The average Bonchev–Trinajstić information content (AvgIpc) is 3.04. The Hall–Kier alpha value is -0.860. The summed E-state index contributed by atoms with van der Waals surface area (Å²) in [7, 11) is 1.80. The van der Waals surface area contributed by atoms with Crippen molar-refractivity contribution in [1.82, 2.24) is 25.4 Å². The second-order valence-corrected chi connectivity index (χ2v) is 6.23. The summed E-state index contributed by atoms with van der Waals surface area (Å²) in [6.45, 7) is 8.42. The Bertz CT molecular complexity index is 482. The van der Waals surface area contributed by atoms with Crippen LogP contribution in [0.3, 0.4) is 0 Å². The van der Waals surface area contributed by atoms with Crippen LogP contribution in [0.25, 0.3) is 0 Å². The third-order valence-corrected chi connectivity index (χ3v) is 3.88.